The predicted molar refractivity (Wildman–Crippen MR) is 245 cm³/mol. The van der Waals surface area contributed by atoms with Crippen LogP contribution in [0, 0.1) is 23.7 Å². The van der Waals surface area contributed by atoms with Gasteiger partial charge in [-0.2, -0.15) is 0 Å². The predicted octanol–water partition coefficient (Wildman–Crippen LogP) is 3.65. The summed E-state index contributed by atoms with van der Waals surface area (Å²) in [5.41, 5.74) is 16.5. The molecule has 16 nitrogen and oxygen atoms in total. The van der Waals surface area contributed by atoms with Gasteiger partial charge in [-0.15, -0.1) is 24.8 Å². The molecular weight excluding hydrogens is 867 g/mol. The Labute approximate surface area is 387 Å². The smallest absolute Gasteiger partial charge is 0.408 e. The van der Waals surface area contributed by atoms with Crippen molar-refractivity contribution in [3.05, 3.63) is 106 Å². The molecule has 0 spiro atoms. The monoisotopic (exact) mass is 924 g/mol. The highest BCUT2D eigenvalue weighted by molar-refractivity contribution is 5.86. The van der Waals surface area contributed by atoms with Crippen LogP contribution in [0.25, 0.3) is 0 Å². The molecule has 0 saturated carbocycles. The molecule has 3 aromatic rings. The fourth-order valence-corrected chi connectivity index (χ4v) is 5.62. The Bertz CT molecular complexity index is 1900. The van der Waals surface area contributed by atoms with Gasteiger partial charge in [0.2, 0.25) is 11.8 Å². The van der Waals surface area contributed by atoms with Crippen LogP contribution in [0.15, 0.2) is 72.8 Å². The second kappa shape index (κ2) is 32.4. The third kappa shape index (κ3) is 22.7. The Morgan fingerprint density at radius 1 is 0.531 bits per heavy atom. The minimum Gasteiger partial charge on any atom is -0.465 e. The second-order valence-electron chi connectivity index (χ2n) is 13.5. The SMILES string of the molecule is CCOC(=O)CN(CCNC(=O)OCC#Cc1ccc(C#CCOC(=O)NCCN(CC(=O)OCC)C(=O)CCc2ccc(CN)cc2)cc1)C(=O)CCc1ccc(CN)cc1.Cl.Cl. The van der Waals surface area contributed by atoms with Crippen LogP contribution in [0.3, 0.4) is 0 Å². The molecule has 6 N–H and O–H groups in total. The van der Waals surface area contributed by atoms with E-state index in [2.05, 4.69) is 34.3 Å². The summed E-state index contributed by atoms with van der Waals surface area (Å²) >= 11 is 0. The average molecular weight is 926 g/mol. The number of hydrogen-bond donors (Lipinski definition) is 4. The lowest BCUT2D eigenvalue weighted by Gasteiger charge is -2.22. The maximum Gasteiger partial charge on any atom is 0.408 e. The topological polar surface area (TPSA) is 222 Å². The van der Waals surface area contributed by atoms with E-state index in [1.807, 2.05) is 48.5 Å². The zero-order valence-electron chi connectivity index (χ0n) is 36.2. The third-order valence-electron chi connectivity index (χ3n) is 8.93. The van der Waals surface area contributed by atoms with E-state index in [9.17, 15) is 28.8 Å². The summed E-state index contributed by atoms with van der Waals surface area (Å²) < 4.78 is 20.3. The number of rotatable bonds is 22. The summed E-state index contributed by atoms with van der Waals surface area (Å²) in [4.78, 5) is 77.4. The molecule has 3 rings (SSSR count). The van der Waals surface area contributed by atoms with Crippen LogP contribution in [0.2, 0.25) is 0 Å². The standard InChI is InChI=1S/C46H56N6O10.2ClH/c1-3-59-43(55)33-51(41(53)23-21-37-13-17-39(31-47)18-14-37)27-25-49-45(57)61-29-5-7-35-9-11-36(12-10-35)8-6-30-62-46(58)50-26-28-52(34-44(56)60-4-2)42(54)24-22-38-15-19-40(32-48)20-16-38;;/h9-20H,3-4,21-34,47-48H2,1-2H3,(H,49,57)(H,50,58);2*1H. The molecule has 4 amide bonds. The molecule has 0 heterocycles. The Hall–Kier alpha value is -6.30. The van der Waals surface area contributed by atoms with Gasteiger partial charge in [0.05, 0.1) is 13.2 Å². The Kier molecular flexibility index (Phi) is 28.2. The van der Waals surface area contributed by atoms with E-state index in [1.165, 1.54) is 9.80 Å². The molecular formula is C46H58Cl2N6O10. The van der Waals surface area contributed by atoms with E-state index in [0.29, 0.717) is 37.1 Å². The number of hydrogen-bond acceptors (Lipinski definition) is 12. The van der Waals surface area contributed by atoms with Crippen LogP contribution in [0.1, 0.15) is 60.1 Å². The van der Waals surface area contributed by atoms with Crippen molar-refractivity contribution < 1.29 is 47.7 Å². The number of nitrogens with zero attached hydrogens (tertiary/aromatic N) is 2. The van der Waals surface area contributed by atoms with Gasteiger partial charge in [0.1, 0.15) is 13.1 Å². The van der Waals surface area contributed by atoms with Gasteiger partial charge in [-0.1, -0.05) is 72.2 Å². The van der Waals surface area contributed by atoms with Gasteiger partial charge in [-0.05, 0) is 73.2 Å². The van der Waals surface area contributed by atoms with Crippen molar-refractivity contribution >= 4 is 60.8 Å². The summed E-state index contributed by atoms with van der Waals surface area (Å²) in [5, 5.41) is 5.13. The van der Waals surface area contributed by atoms with E-state index in [4.69, 9.17) is 30.4 Å². The number of benzene rings is 3. The minimum atomic E-state index is -0.729. The van der Waals surface area contributed by atoms with Crippen LogP contribution in [0.4, 0.5) is 9.59 Å². The van der Waals surface area contributed by atoms with Gasteiger partial charge in [-0.3, -0.25) is 19.2 Å². The number of alkyl carbamates (subject to hydrolysis) is 2. The molecule has 0 saturated heterocycles. The maximum absolute atomic E-state index is 13.0. The number of amides is 4. The fraction of sp³-hybridized carbons (Fsp3) is 0.391. The molecule has 18 heteroatoms. The molecule has 346 valence electrons. The highest BCUT2D eigenvalue weighted by Crippen LogP contribution is 2.10. The molecule has 0 aliphatic heterocycles. The zero-order chi connectivity index (χ0) is 45.0. The second-order valence-corrected chi connectivity index (χ2v) is 13.5. The molecule has 0 aromatic heterocycles. The summed E-state index contributed by atoms with van der Waals surface area (Å²) in [6.07, 6.45) is -0.159. The quantitative estimate of drug-likeness (QED) is 0.0645. The average Bonchev–Trinajstić information content (AvgIpc) is 3.27. The van der Waals surface area contributed by atoms with Crippen molar-refractivity contribution in [2.24, 2.45) is 11.5 Å². The van der Waals surface area contributed by atoms with Crippen molar-refractivity contribution in [1.29, 1.82) is 0 Å². The molecule has 3 aromatic carbocycles. The van der Waals surface area contributed by atoms with E-state index < -0.39 is 24.1 Å². The van der Waals surface area contributed by atoms with Crippen molar-refractivity contribution in [3.8, 4) is 23.7 Å². The Balaban J connectivity index is 0.0000102. The molecule has 0 fully saturated rings. The first-order chi connectivity index (χ1) is 30.0. The van der Waals surface area contributed by atoms with Gasteiger partial charge in [0.15, 0.2) is 13.2 Å². The van der Waals surface area contributed by atoms with Gasteiger partial charge in [0.25, 0.3) is 0 Å². The van der Waals surface area contributed by atoms with Crippen molar-refractivity contribution in [2.45, 2.75) is 52.6 Å². The van der Waals surface area contributed by atoms with Gasteiger partial charge in [0, 0.05) is 63.2 Å². The molecule has 0 aliphatic carbocycles. The van der Waals surface area contributed by atoms with Crippen molar-refractivity contribution in [3.63, 3.8) is 0 Å². The largest absolute Gasteiger partial charge is 0.465 e. The van der Waals surface area contributed by atoms with Crippen LogP contribution in [0.5, 0.6) is 0 Å². The minimum absolute atomic E-state index is 0. The van der Waals surface area contributed by atoms with E-state index in [1.54, 1.807) is 38.1 Å². The number of ether oxygens (including phenoxy) is 4. The van der Waals surface area contributed by atoms with E-state index in [-0.39, 0.29) is 115 Å². The molecule has 0 bridgehead atoms. The number of esters is 2. The summed E-state index contributed by atoms with van der Waals surface area (Å²) in [6, 6.07) is 22.2. The van der Waals surface area contributed by atoms with Crippen LogP contribution in [-0.4, -0.2) is 111 Å². The number of nitrogens with one attached hydrogen (secondary N) is 2. The first-order valence-electron chi connectivity index (χ1n) is 20.3. The molecule has 0 atom stereocenters. The third-order valence-corrected chi connectivity index (χ3v) is 8.93. The number of nitrogens with two attached hydrogens (primary N) is 2. The highest BCUT2D eigenvalue weighted by atomic mass is 35.5. The summed E-state index contributed by atoms with van der Waals surface area (Å²) in [5.74, 6) is 9.70. The number of carbonyl (C=O) groups is 6. The zero-order valence-corrected chi connectivity index (χ0v) is 37.8. The number of halogens is 2. The molecule has 0 radical (unpaired) electrons. The molecule has 64 heavy (non-hydrogen) atoms. The van der Waals surface area contributed by atoms with Gasteiger partial charge in [-0.25, -0.2) is 9.59 Å². The Morgan fingerprint density at radius 2 is 0.875 bits per heavy atom. The van der Waals surface area contributed by atoms with Crippen LogP contribution < -0.4 is 22.1 Å². The normalized spacial score (nSPS) is 9.81. The summed E-state index contributed by atoms with van der Waals surface area (Å²) in [6.45, 7) is 3.98. The van der Waals surface area contributed by atoms with Gasteiger partial charge >= 0.3 is 24.1 Å². The lowest BCUT2D eigenvalue weighted by atomic mass is 10.1. The molecule has 0 unspecified atom stereocenters. The fourth-order valence-electron chi connectivity index (χ4n) is 5.62. The molecule has 0 aliphatic rings. The lowest BCUT2D eigenvalue weighted by Crippen LogP contribution is -2.42. The van der Waals surface area contributed by atoms with Crippen LogP contribution >= 0.6 is 24.8 Å². The summed E-state index contributed by atoms with van der Waals surface area (Å²) in [7, 11) is 0. The first kappa shape index (κ1) is 55.7. The Morgan fingerprint density at radius 3 is 1.20 bits per heavy atom. The maximum atomic E-state index is 13.0. The van der Waals surface area contributed by atoms with E-state index >= 15 is 0 Å². The number of aryl methyl sites for hydroxylation is 2. The highest BCUT2D eigenvalue weighted by Gasteiger charge is 2.20. The van der Waals surface area contributed by atoms with Crippen molar-refractivity contribution in [1.82, 2.24) is 20.4 Å². The van der Waals surface area contributed by atoms with Crippen LogP contribution in [-0.2, 0) is 64.1 Å². The first-order valence-corrected chi connectivity index (χ1v) is 20.3. The lowest BCUT2D eigenvalue weighted by molar-refractivity contribution is -0.149. The van der Waals surface area contributed by atoms with Crippen molar-refractivity contribution in [2.75, 3.05) is 65.7 Å². The van der Waals surface area contributed by atoms with E-state index in [0.717, 1.165) is 22.3 Å². The number of carbonyl (C=O) groups excluding carboxylic acids is 6. The van der Waals surface area contributed by atoms with Gasteiger partial charge < -0.3 is 50.8 Å².